The van der Waals surface area contributed by atoms with E-state index in [4.69, 9.17) is 4.74 Å². The molecular formula is C24H27NO4. The van der Waals surface area contributed by atoms with Crippen LogP contribution in [-0.4, -0.2) is 42.0 Å². The van der Waals surface area contributed by atoms with Crippen molar-refractivity contribution in [3.63, 3.8) is 0 Å². The monoisotopic (exact) mass is 393 g/mol. The minimum Gasteiger partial charge on any atom is -0.388 e. The highest BCUT2D eigenvalue weighted by molar-refractivity contribution is 5.99. The van der Waals surface area contributed by atoms with E-state index >= 15 is 0 Å². The summed E-state index contributed by atoms with van der Waals surface area (Å²) in [5.74, 6) is 5.60. The normalized spacial score (nSPS) is 19.7. The van der Waals surface area contributed by atoms with Crippen LogP contribution in [0, 0.1) is 11.8 Å². The number of nitrogens with zero attached hydrogens (tertiary/aromatic N) is 1. The van der Waals surface area contributed by atoms with E-state index in [-0.39, 0.29) is 11.9 Å². The summed E-state index contributed by atoms with van der Waals surface area (Å²) < 4.78 is 4.92. The molecule has 1 aliphatic rings. The molecule has 1 saturated heterocycles. The van der Waals surface area contributed by atoms with Gasteiger partial charge >= 0.3 is 0 Å². The maximum absolute atomic E-state index is 12.4. The minimum atomic E-state index is -1.000. The highest BCUT2D eigenvalue weighted by atomic mass is 16.5. The number of carbonyl (C=O) groups excluding carboxylic acids is 1. The van der Waals surface area contributed by atoms with Crippen LogP contribution in [0.3, 0.4) is 0 Å². The summed E-state index contributed by atoms with van der Waals surface area (Å²) in [6, 6.07) is 17.2. The van der Waals surface area contributed by atoms with E-state index in [0.717, 1.165) is 12.0 Å². The largest absolute Gasteiger partial charge is 0.388 e. The Balaban J connectivity index is 1.65. The zero-order valence-electron chi connectivity index (χ0n) is 16.6. The van der Waals surface area contributed by atoms with E-state index in [0.29, 0.717) is 31.6 Å². The van der Waals surface area contributed by atoms with E-state index in [1.54, 1.807) is 12.0 Å². The Morgan fingerprint density at radius 1 is 1.14 bits per heavy atom. The first-order valence-electron chi connectivity index (χ1n) is 9.88. The van der Waals surface area contributed by atoms with Crippen LogP contribution in [0.2, 0.25) is 0 Å². The van der Waals surface area contributed by atoms with Gasteiger partial charge in [0.15, 0.2) is 0 Å². The first-order valence-corrected chi connectivity index (χ1v) is 9.88. The molecule has 152 valence electrons. The van der Waals surface area contributed by atoms with Gasteiger partial charge in [-0.25, -0.2) is 0 Å². The second-order valence-electron chi connectivity index (χ2n) is 7.24. The average molecular weight is 393 g/mol. The number of amides is 1. The molecule has 2 aromatic rings. The Bertz CT molecular complexity index is 854. The lowest BCUT2D eigenvalue weighted by molar-refractivity contribution is -0.124. The average Bonchev–Trinajstić information content (AvgIpc) is 3.04. The predicted octanol–water partition coefficient (Wildman–Crippen LogP) is 2.86. The predicted molar refractivity (Wildman–Crippen MR) is 112 cm³/mol. The van der Waals surface area contributed by atoms with E-state index in [9.17, 15) is 15.0 Å². The summed E-state index contributed by atoms with van der Waals surface area (Å²) >= 11 is 0. The molecule has 0 aromatic heterocycles. The number of rotatable bonds is 7. The van der Waals surface area contributed by atoms with Gasteiger partial charge in [0.1, 0.15) is 12.7 Å². The van der Waals surface area contributed by atoms with Crippen LogP contribution in [0.25, 0.3) is 0 Å². The van der Waals surface area contributed by atoms with Crippen LogP contribution >= 0.6 is 0 Å². The zero-order valence-corrected chi connectivity index (χ0v) is 16.6. The van der Waals surface area contributed by atoms with Crippen LogP contribution in [-0.2, 0) is 16.0 Å². The van der Waals surface area contributed by atoms with Gasteiger partial charge in [-0.05, 0) is 36.1 Å². The van der Waals surface area contributed by atoms with Crippen LogP contribution in [0.4, 0.5) is 5.69 Å². The summed E-state index contributed by atoms with van der Waals surface area (Å²) in [7, 11) is 1.58. The van der Waals surface area contributed by atoms with Gasteiger partial charge in [-0.2, -0.15) is 0 Å². The summed E-state index contributed by atoms with van der Waals surface area (Å²) in [6.45, 7) is 0.346. The lowest BCUT2D eigenvalue weighted by Gasteiger charge is -2.23. The van der Waals surface area contributed by atoms with Crippen molar-refractivity contribution < 1.29 is 19.7 Å². The summed E-state index contributed by atoms with van der Waals surface area (Å²) in [5.41, 5.74) is 2.72. The third-order valence-electron chi connectivity index (χ3n) is 5.17. The molecule has 3 rings (SSSR count). The topological polar surface area (TPSA) is 70.0 Å². The maximum Gasteiger partial charge on any atom is 0.256 e. The quantitative estimate of drug-likeness (QED) is 0.710. The third-order valence-corrected chi connectivity index (χ3v) is 5.17. The van der Waals surface area contributed by atoms with E-state index in [1.807, 2.05) is 42.5 Å². The molecule has 5 nitrogen and oxygen atoms in total. The maximum atomic E-state index is 12.4. The lowest BCUT2D eigenvalue weighted by Crippen LogP contribution is -2.34. The zero-order chi connectivity index (χ0) is 20.6. The molecule has 2 aromatic carbocycles. The molecule has 1 aliphatic heterocycles. The highest BCUT2D eigenvalue weighted by Crippen LogP contribution is 2.30. The molecule has 1 amide bonds. The van der Waals surface area contributed by atoms with Crippen molar-refractivity contribution in [1.29, 1.82) is 0 Å². The molecule has 5 heteroatoms. The minimum absolute atomic E-state index is 0.171. The molecule has 1 heterocycles. The Hall–Kier alpha value is -2.65. The number of hydrogen-bond acceptors (Lipinski definition) is 4. The highest BCUT2D eigenvalue weighted by Gasteiger charge is 2.38. The van der Waals surface area contributed by atoms with E-state index in [2.05, 4.69) is 24.0 Å². The van der Waals surface area contributed by atoms with Gasteiger partial charge in [-0.3, -0.25) is 4.79 Å². The fourth-order valence-electron chi connectivity index (χ4n) is 3.60. The summed E-state index contributed by atoms with van der Waals surface area (Å²) in [5, 5.41) is 20.5. The number of methoxy groups -OCH3 is 1. The first kappa shape index (κ1) is 21.1. The Kier molecular flexibility index (Phi) is 7.42. The fraction of sp³-hybridized carbons (Fsp3) is 0.375. The van der Waals surface area contributed by atoms with Gasteiger partial charge in [-0.15, -0.1) is 0 Å². The number of aliphatic hydroxyl groups is 2. The Morgan fingerprint density at radius 2 is 1.86 bits per heavy atom. The van der Waals surface area contributed by atoms with Gasteiger partial charge in [0.2, 0.25) is 0 Å². The Labute approximate surface area is 171 Å². The van der Waals surface area contributed by atoms with Crippen molar-refractivity contribution in [2.45, 2.75) is 43.9 Å². The lowest BCUT2D eigenvalue weighted by atomic mass is 10.0. The number of carbonyl (C=O) groups is 1. The van der Waals surface area contributed by atoms with Gasteiger partial charge in [0, 0.05) is 25.6 Å². The van der Waals surface area contributed by atoms with Crippen molar-refractivity contribution >= 4 is 11.6 Å². The molecule has 3 atom stereocenters. The van der Waals surface area contributed by atoms with E-state index in [1.165, 1.54) is 5.56 Å². The number of benzene rings is 2. The van der Waals surface area contributed by atoms with Gasteiger partial charge in [0.05, 0.1) is 12.1 Å². The molecule has 1 fully saturated rings. The van der Waals surface area contributed by atoms with Gasteiger partial charge in [-0.1, -0.05) is 54.3 Å². The molecule has 0 spiro atoms. The van der Waals surface area contributed by atoms with Crippen molar-refractivity contribution in [2.75, 3.05) is 18.6 Å². The first-order chi connectivity index (χ1) is 14.1. The molecule has 0 bridgehead atoms. The number of aliphatic hydroxyl groups excluding tert-OH is 2. The number of aryl methyl sites for hydroxylation is 1. The van der Waals surface area contributed by atoms with Crippen molar-refractivity contribution in [3.8, 4) is 11.8 Å². The molecule has 0 aliphatic carbocycles. The van der Waals surface area contributed by atoms with Crippen LogP contribution in [0.5, 0.6) is 0 Å². The van der Waals surface area contributed by atoms with E-state index < -0.39 is 12.2 Å². The van der Waals surface area contributed by atoms with Crippen LogP contribution < -0.4 is 4.90 Å². The SMILES string of the molecule is COCC#CCC1CC(O)C(=O)N1c1ccc(C(O)CCc2ccccc2)cc1. The second-order valence-corrected chi connectivity index (χ2v) is 7.24. The smallest absolute Gasteiger partial charge is 0.256 e. The number of hydrogen-bond donors (Lipinski definition) is 2. The number of anilines is 1. The second kappa shape index (κ2) is 10.2. The summed E-state index contributed by atoms with van der Waals surface area (Å²) in [4.78, 5) is 14.1. The van der Waals surface area contributed by atoms with Gasteiger partial charge < -0.3 is 19.8 Å². The third kappa shape index (κ3) is 5.45. The molecule has 3 unspecified atom stereocenters. The van der Waals surface area contributed by atoms with Crippen LogP contribution in [0.15, 0.2) is 54.6 Å². The van der Waals surface area contributed by atoms with Crippen molar-refractivity contribution in [1.82, 2.24) is 0 Å². The molecule has 29 heavy (non-hydrogen) atoms. The molecule has 2 N–H and O–H groups in total. The van der Waals surface area contributed by atoms with Crippen molar-refractivity contribution in [2.24, 2.45) is 0 Å². The molecule has 0 radical (unpaired) electrons. The van der Waals surface area contributed by atoms with Crippen LogP contribution in [0.1, 0.15) is 36.5 Å². The fourth-order valence-corrected chi connectivity index (χ4v) is 3.60. The van der Waals surface area contributed by atoms with Gasteiger partial charge in [0.25, 0.3) is 5.91 Å². The summed E-state index contributed by atoms with van der Waals surface area (Å²) in [6.07, 6.45) is 0.695. The van der Waals surface area contributed by atoms with Crippen molar-refractivity contribution in [3.05, 3.63) is 65.7 Å². The Morgan fingerprint density at radius 3 is 2.55 bits per heavy atom. The number of ether oxygens (including phenoxy) is 1. The standard InChI is InChI=1S/C24H27NO4/c1-29-16-6-5-9-21-17-23(27)24(28)25(21)20-13-11-19(12-14-20)22(26)15-10-18-7-3-2-4-8-18/h2-4,7-8,11-14,21-23,26-27H,9-10,15-17H2,1H3. The molecule has 0 saturated carbocycles. The molecular weight excluding hydrogens is 366 g/mol.